The smallest absolute Gasteiger partial charge is 0.229 e. The largest absolute Gasteiger partial charge is 0.495 e. The molecule has 0 saturated carbocycles. The fourth-order valence-electron chi connectivity index (χ4n) is 3.29. The van der Waals surface area contributed by atoms with Crippen molar-refractivity contribution >= 4 is 23.2 Å². The van der Waals surface area contributed by atoms with Crippen molar-refractivity contribution in [2.45, 2.75) is 19.1 Å². The van der Waals surface area contributed by atoms with Crippen molar-refractivity contribution in [1.29, 1.82) is 5.26 Å². The van der Waals surface area contributed by atoms with E-state index in [1.54, 1.807) is 30.3 Å². The van der Waals surface area contributed by atoms with Crippen LogP contribution in [0.1, 0.15) is 23.6 Å². The topological polar surface area (TPSA) is 62.6 Å². The van der Waals surface area contributed by atoms with Crippen molar-refractivity contribution in [2.75, 3.05) is 17.9 Å². The SMILES string of the molecule is COc1ccccc1N(C(=O)CCCl)C(C#N)c1ccccc1OCc1ccccc1. The van der Waals surface area contributed by atoms with E-state index in [1.165, 1.54) is 12.0 Å². The first-order valence-corrected chi connectivity index (χ1v) is 10.4. The Kier molecular flexibility index (Phi) is 7.91. The molecule has 0 N–H and O–H groups in total. The Morgan fingerprint density at radius 2 is 1.65 bits per heavy atom. The monoisotopic (exact) mass is 434 g/mol. The van der Waals surface area contributed by atoms with Gasteiger partial charge in [-0.3, -0.25) is 9.69 Å². The molecule has 1 amide bonds. The molecule has 1 unspecified atom stereocenters. The Morgan fingerprint density at radius 3 is 2.32 bits per heavy atom. The predicted octanol–water partition coefficient (Wildman–Crippen LogP) is 5.50. The van der Waals surface area contributed by atoms with E-state index < -0.39 is 6.04 Å². The number of nitriles is 1. The zero-order valence-corrected chi connectivity index (χ0v) is 18.0. The highest BCUT2D eigenvalue weighted by Crippen LogP contribution is 2.37. The number of rotatable bonds is 9. The van der Waals surface area contributed by atoms with Gasteiger partial charge in [0.2, 0.25) is 5.91 Å². The molecule has 0 aliphatic rings. The minimum atomic E-state index is -0.918. The first-order chi connectivity index (χ1) is 15.2. The fourth-order valence-corrected chi connectivity index (χ4v) is 3.45. The molecule has 0 saturated heterocycles. The normalized spacial score (nSPS) is 11.3. The van der Waals surface area contributed by atoms with Crippen molar-refractivity contribution in [3.05, 3.63) is 90.0 Å². The predicted molar refractivity (Wildman–Crippen MR) is 121 cm³/mol. The van der Waals surface area contributed by atoms with Gasteiger partial charge in [-0.2, -0.15) is 5.26 Å². The van der Waals surface area contributed by atoms with Gasteiger partial charge < -0.3 is 9.47 Å². The van der Waals surface area contributed by atoms with E-state index in [-0.39, 0.29) is 18.2 Å². The number of halogens is 1. The van der Waals surface area contributed by atoms with E-state index in [4.69, 9.17) is 21.1 Å². The van der Waals surface area contributed by atoms with Crippen LogP contribution in [0.2, 0.25) is 0 Å². The third-order valence-electron chi connectivity index (χ3n) is 4.75. The number of carbonyl (C=O) groups excluding carboxylic acids is 1. The van der Waals surface area contributed by atoms with Crippen LogP contribution in [0.4, 0.5) is 5.69 Å². The lowest BCUT2D eigenvalue weighted by molar-refractivity contribution is -0.118. The minimum Gasteiger partial charge on any atom is -0.495 e. The Bertz CT molecular complexity index is 1050. The van der Waals surface area contributed by atoms with E-state index in [0.29, 0.717) is 29.4 Å². The molecule has 0 aromatic heterocycles. The van der Waals surface area contributed by atoms with Gasteiger partial charge in [0.25, 0.3) is 0 Å². The number of hydrogen-bond donors (Lipinski definition) is 0. The average Bonchev–Trinajstić information content (AvgIpc) is 2.82. The number of nitrogens with zero attached hydrogens (tertiary/aromatic N) is 2. The zero-order valence-electron chi connectivity index (χ0n) is 17.2. The van der Waals surface area contributed by atoms with Gasteiger partial charge in [0.1, 0.15) is 18.1 Å². The molecular formula is C25H23ClN2O3. The van der Waals surface area contributed by atoms with Crippen LogP contribution < -0.4 is 14.4 Å². The van der Waals surface area contributed by atoms with Crippen LogP contribution in [0.3, 0.4) is 0 Å². The molecule has 158 valence electrons. The number of alkyl halides is 1. The third-order valence-corrected chi connectivity index (χ3v) is 4.94. The number of hydrogen-bond acceptors (Lipinski definition) is 4. The van der Waals surface area contributed by atoms with Crippen LogP contribution in [0, 0.1) is 11.3 Å². The van der Waals surface area contributed by atoms with Crippen LogP contribution in [0.5, 0.6) is 11.5 Å². The molecule has 0 bridgehead atoms. The van der Waals surface area contributed by atoms with Gasteiger partial charge in [-0.25, -0.2) is 0 Å². The Balaban J connectivity index is 2.01. The number of anilines is 1. The molecular weight excluding hydrogens is 412 g/mol. The molecule has 31 heavy (non-hydrogen) atoms. The summed E-state index contributed by atoms with van der Waals surface area (Å²) in [5.41, 5.74) is 2.10. The number of para-hydroxylation sites is 3. The summed E-state index contributed by atoms with van der Waals surface area (Å²) in [7, 11) is 1.53. The summed E-state index contributed by atoms with van der Waals surface area (Å²) < 4.78 is 11.5. The lowest BCUT2D eigenvalue weighted by Crippen LogP contribution is -2.35. The molecule has 1 atom stereocenters. The Morgan fingerprint density at radius 1 is 1.00 bits per heavy atom. The summed E-state index contributed by atoms with van der Waals surface area (Å²) in [5.74, 6) is 0.906. The van der Waals surface area contributed by atoms with Gasteiger partial charge in [-0.05, 0) is 23.8 Å². The lowest BCUT2D eigenvalue weighted by Gasteiger charge is -2.30. The van der Waals surface area contributed by atoms with Crippen molar-refractivity contribution in [3.8, 4) is 17.6 Å². The lowest BCUT2D eigenvalue weighted by atomic mass is 10.0. The van der Waals surface area contributed by atoms with Crippen molar-refractivity contribution in [3.63, 3.8) is 0 Å². The van der Waals surface area contributed by atoms with Crippen molar-refractivity contribution < 1.29 is 14.3 Å². The number of ether oxygens (including phenoxy) is 2. The van der Waals surface area contributed by atoms with E-state index in [1.807, 2.05) is 48.5 Å². The molecule has 0 heterocycles. The van der Waals surface area contributed by atoms with Crippen molar-refractivity contribution in [1.82, 2.24) is 0 Å². The van der Waals surface area contributed by atoms with Gasteiger partial charge in [0, 0.05) is 17.9 Å². The van der Waals surface area contributed by atoms with Crippen LogP contribution >= 0.6 is 11.6 Å². The highest BCUT2D eigenvalue weighted by molar-refractivity contribution is 6.19. The maximum Gasteiger partial charge on any atom is 0.229 e. The molecule has 0 aliphatic heterocycles. The Labute approximate surface area is 187 Å². The van der Waals surface area contributed by atoms with Crippen LogP contribution in [0.15, 0.2) is 78.9 Å². The van der Waals surface area contributed by atoms with Gasteiger partial charge in [0.05, 0.1) is 18.9 Å². The maximum absolute atomic E-state index is 13.1. The summed E-state index contributed by atoms with van der Waals surface area (Å²) in [6, 6.07) is 25.5. The van der Waals surface area contributed by atoms with Gasteiger partial charge in [-0.1, -0.05) is 60.7 Å². The molecule has 3 rings (SSSR count). The van der Waals surface area contributed by atoms with Gasteiger partial charge >= 0.3 is 0 Å². The molecule has 0 fully saturated rings. The van der Waals surface area contributed by atoms with Gasteiger partial charge in [0.15, 0.2) is 6.04 Å². The molecule has 6 heteroatoms. The summed E-state index contributed by atoms with van der Waals surface area (Å²) in [6.45, 7) is 0.348. The van der Waals surface area contributed by atoms with Gasteiger partial charge in [-0.15, -0.1) is 11.6 Å². The summed E-state index contributed by atoms with van der Waals surface area (Å²) in [5, 5.41) is 10.1. The third kappa shape index (κ3) is 5.36. The quantitative estimate of drug-likeness (QED) is 0.417. The van der Waals surface area contributed by atoms with E-state index in [2.05, 4.69) is 6.07 Å². The molecule has 0 spiro atoms. The summed E-state index contributed by atoms with van der Waals surface area (Å²) in [4.78, 5) is 14.5. The number of methoxy groups -OCH3 is 1. The first-order valence-electron chi connectivity index (χ1n) is 9.86. The van der Waals surface area contributed by atoms with Crippen LogP contribution in [-0.2, 0) is 11.4 Å². The van der Waals surface area contributed by atoms with E-state index in [0.717, 1.165) is 5.56 Å². The molecule has 3 aromatic carbocycles. The number of carbonyl (C=O) groups is 1. The summed E-state index contributed by atoms with van der Waals surface area (Å²) in [6.07, 6.45) is 0.0881. The fraction of sp³-hybridized carbons (Fsp3) is 0.200. The molecule has 5 nitrogen and oxygen atoms in total. The van der Waals surface area contributed by atoms with Crippen LogP contribution in [-0.4, -0.2) is 18.9 Å². The molecule has 0 aliphatic carbocycles. The first kappa shape index (κ1) is 22.2. The highest BCUT2D eigenvalue weighted by atomic mass is 35.5. The summed E-state index contributed by atoms with van der Waals surface area (Å²) >= 11 is 5.86. The van der Waals surface area contributed by atoms with Crippen LogP contribution in [0.25, 0.3) is 0 Å². The number of amides is 1. The molecule has 3 aromatic rings. The minimum absolute atomic E-state index is 0.0881. The highest BCUT2D eigenvalue weighted by Gasteiger charge is 2.30. The standard InChI is InChI=1S/C25H23ClN2O3/c1-30-24-14-8-6-12-21(24)28(25(29)15-16-26)22(17-27)20-11-5-7-13-23(20)31-18-19-9-3-2-4-10-19/h2-14,22H,15-16,18H2,1H3. The number of benzene rings is 3. The second-order valence-corrected chi connectivity index (χ2v) is 7.10. The second-order valence-electron chi connectivity index (χ2n) is 6.72. The second kappa shape index (κ2) is 11.1. The average molecular weight is 435 g/mol. The van der Waals surface area contributed by atoms with Crippen molar-refractivity contribution in [2.24, 2.45) is 0 Å². The van der Waals surface area contributed by atoms with E-state index >= 15 is 0 Å². The Hall–Kier alpha value is -3.49. The molecule has 0 radical (unpaired) electrons. The maximum atomic E-state index is 13.1. The zero-order chi connectivity index (χ0) is 22.1. The van der Waals surface area contributed by atoms with E-state index in [9.17, 15) is 10.1 Å².